The molecule has 4 rings (SSSR count). The summed E-state index contributed by atoms with van der Waals surface area (Å²) in [6.45, 7) is 7.92. The van der Waals surface area contributed by atoms with Crippen LogP contribution >= 0.6 is 0 Å². The first-order chi connectivity index (χ1) is 12.2. The van der Waals surface area contributed by atoms with Crippen LogP contribution in [0.5, 0.6) is 0 Å². The number of hydrogen-bond donors (Lipinski definition) is 0. The van der Waals surface area contributed by atoms with Crippen molar-refractivity contribution in [2.24, 2.45) is 0 Å². The minimum Gasteiger partial charge on any atom is -0.379 e. The number of aryl methyl sites for hydroxylation is 1. The zero-order valence-corrected chi connectivity index (χ0v) is 14.8. The Hall–Kier alpha value is -2.30. The average Bonchev–Trinajstić information content (AvgIpc) is 2.69. The second-order valence-electron chi connectivity index (χ2n) is 6.63. The SMILES string of the molecule is Cc1nnc(-c2ccc([C@@H](C)N3CCOCC3)cc2)c2ccccc12. The topological polar surface area (TPSA) is 38.2 Å². The van der Waals surface area contributed by atoms with Gasteiger partial charge in [-0.05, 0) is 19.4 Å². The summed E-state index contributed by atoms with van der Waals surface area (Å²) in [6, 6.07) is 17.5. The van der Waals surface area contributed by atoms with Crippen molar-refractivity contribution in [1.29, 1.82) is 0 Å². The van der Waals surface area contributed by atoms with Gasteiger partial charge in [0.15, 0.2) is 0 Å². The number of hydrogen-bond acceptors (Lipinski definition) is 4. The van der Waals surface area contributed by atoms with Crippen molar-refractivity contribution in [2.45, 2.75) is 19.9 Å². The van der Waals surface area contributed by atoms with Gasteiger partial charge in [-0.2, -0.15) is 5.10 Å². The summed E-state index contributed by atoms with van der Waals surface area (Å²) in [7, 11) is 0. The highest BCUT2D eigenvalue weighted by atomic mass is 16.5. The van der Waals surface area contributed by atoms with Crippen LogP contribution in [0.25, 0.3) is 22.0 Å². The highest BCUT2D eigenvalue weighted by molar-refractivity contribution is 5.95. The first kappa shape index (κ1) is 16.2. The van der Waals surface area contributed by atoms with Gasteiger partial charge in [0.05, 0.1) is 18.9 Å². The standard InChI is InChI=1S/C21H23N3O/c1-15-19-5-3-4-6-20(19)21(23-22-15)18-9-7-17(8-10-18)16(2)24-11-13-25-14-12-24/h3-10,16H,11-14H2,1-2H3/t16-/m1/s1. The summed E-state index contributed by atoms with van der Waals surface area (Å²) < 4.78 is 5.46. The van der Waals surface area contributed by atoms with Gasteiger partial charge < -0.3 is 4.74 Å². The van der Waals surface area contributed by atoms with Gasteiger partial charge in [0.25, 0.3) is 0 Å². The maximum atomic E-state index is 5.46. The van der Waals surface area contributed by atoms with Crippen LogP contribution in [-0.4, -0.2) is 41.4 Å². The number of nitrogens with zero attached hydrogens (tertiary/aromatic N) is 3. The number of fused-ring (bicyclic) bond motifs is 1. The largest absolute Gasteiger partial charge is 0.379 e. The molecule has 1 aliphatic heterocycles. The molecular formula is C21H23N3O. The molecule has 1 aromatic heterocycles. The molecular weight excluding hydrogens is 310 g/mol. The highest BCUT2D eigenvalue weighted by Gasteiger charge is 2.18. The highest BCUT2D eigenvalue weighted by Crippen LogP contribution is 2.29. The minimum absolute atomic E-state index is 0.402. The van der Waals surface area contributed by atoms with Crippen molar-refractivity contribution >= 4 is 10.8 Å². The van der Waals surface area contributed by atoms with Crippen molar-refractivity contribution in [3.63, 3.8) is 0 Å². The molecule has 0 spiro atoms. The third-order valence-electron chi connectivity index (χ3n) is 5.13. The molecule has 0 N–H and O–H groups in total. The van der Waals surface area contributed by atoms with Crippen LogP contribution in [0.2, 0.25) is 0 Å². The summed E-state index contributed by atoms with van der Waals surface area (Å²) in [5, 5.41) is 11.1. The van der Waals surface area contributed by atoms with Gasteiger partial charge in [-0.25, -0.2) is 0 Å². The maximum absolute atomic E-state index is 5.46. The van der Waals surface area contributed by atoms with Crippen molar-refractivity contribution < 1.29 is 4.74 Å². The lowest BCUT2D eigenvalue weighted by molar-refractivity contribution is 0.0198. The lowest BCUT2D eigenvalue weighted by atomic mass is 10.00. The summed E-state index contributed by atoms with van der Waals surface area (Å²) in [6.07, 6.45) is 0. The third kappa shape index (κ3) is 3.15. The normalized spacial score (nSPS) is 16.9. The van der Waals surface area contributed by atoms with Crippen molar-refractivity contribution in [3.05, 3.63) is 59.8 Å². The number of morpholine rings is 1. The molecule has 1 aliphatic rings. The van der Waals surface area contributed by atoms with E-state index in [-0.39, 0.29) is 0 Å². The van der Waals surface area contributed by atoms with E-state index in [9.17, 15) is 0 Å². The zero-order chi connectivity index (χ0) is 17.2. The molecule has 4 nitrogen and oxygen atoms in total. The van der Waals surface area contributed by atoms with Crippen LogP contribution < -0.4 is 0 Å². The Kier molecular flexibility index (Phi) is 4.47. The van der Waals surface area contributed by atoms with Crippen molar-refractivity contribution in [3.8, 4) is 11.3 Å². The zero-order valence-electron chi connectivity index (χ0n) is 14.8. The van der Waals surface area contributed by atoms with Crippen LogP contribution in [-0.2, 0) is 4.74 Å². The van der Waals surface area contributed by atoms with Crippen molar-refractivity contribution in [2.75, 3.05) is 26.3 Å². The summed E-state index contributed by atoms with van der Waals surface area (Å²) in [4.78, 5) is 2.47. The van der Waals surface area contributed by atoms with E-state index in [1.54, 1.807) is 0 Å². The Morgan fingerprint density at radius 3 is 2.32 bits per heavy atom. The molecule has 0 amide bonds. The molecule has 25 heavy (non-hydrogen) atoms. The van der Waals surface area contributed by atoms with Gasteiger partial charge in [-0.1, -0.05) is 48.5 Å². The Balaban J connectivity index is 1.65. The van der Waals surface area contributed by atoms with Crippen LogP contribution in [0.15, 0.2) is 48.5 Å². The maximum Gasteiger partial charge on any atom is 0.101 e. The molecule has 0 bridgehead atoms. The lowest BCUT2D eigenvalue weighted by Gasteiger charge is -2.32. The molecule has 4 heteroatoms. The lowest BCUT2D eigenvalue weighted by Crippen LogP contribution is -2.37. The summed E-state index contributed by atoms with van der Waals surface area (Å²) >= 11 is 0. The van der Waals surface area contributed by atoms with Gasteiger partial charge in [0, 0.05) is 35.5 Å². The van der Waals surface area contributed by atoms with E-state index in [1.807, 2.05) is 13.0 Å². The summed E-state index contributed by atoms with van der Waals surface area (Å²) in [5.74, 6) is 0. The number of aromatic nitrogens is 2. The Morgan fingerprint density at radius 1 is 0.920 bits per heavy atom. The molecule has 0 saturated carbocycles. The van der Waals surface area contributed by atoms with Crippen molar-refractivity contribution in [1.82, 2.24) is 15.1 Å². The number of rotatable bonds is 3. The Labute approximate surface area is 148 Å². The predicted molar refractivity (Wildman–Crippen MR) is 101 cm³/mol. The molecule has 2 aromatic carbocycles. The fraction of sp³-hybridized carbons (Fsp3) is 0.333. The molecule has 0 radical (unpaired) electrons. The second kappa shape index (κ2) is 6.90. The smallest absolute Gasteiger partial charge is 0.101 e. The van der Waals surface area contributed by atoms with Gasteiger partial charge in [-0.15, -0.1) is 5.10 Å². The molecule has 0 unspecified atom stereocenters. The van der Waals surface area contributed by atoms with Crippen LogP contribution in [0, 0.1) is 6.92 Å². The fourth-order valence-corrected chi connectivity index (χ4v) is 3.55. The van der Waals surface area contributed by atoms with Crippen LogP contribution in [0.1, 0.15) is 24.2 Å². The van der Waals surface area contributed by atoms with E-state index in [4.69, 9.17) is 4.74 Å². The van der Waals surface area contributed by atoms with E-state index < -0.39 is 0 Å². The first-order valence-electron chi connectivity index (χ1n) is 8.88. The summed E-state index contributed by atoms with van der Waals surface area (Å²) in [5.41, 5.74) is 4.36. The van der Waals surface area contributed by atoms with E-state index in [0.29, 0.717) is 6.04 Å². The number of benzene rings is 2. The van der Waals surface area contributed by atoms with Crippen LogP contribution in [0.4, 0.5) is 0 Å². The monoisotopic (exact) mass is 333 g/mol. The molecule has 3 aromatic rings. The van der Waals surface area contributed by atoms with E-state index >= 15 is 0 Å². The quantitative estimate of drug-likeness (QED) is 0.726. The van der Waals surface area contributed by atoms with Gasteiger partial charge in [0.2, 0.25) is 0 Å². The first-order valence-corrected chi connectivity index (χ1v) is 8.88. The van der Waals surface area contributed by atoms with E-state index in [0.717, 1.165) is 48.6 Å². The van der Waals surface area contributed by atoms with Crippen LogP contribution in [0.3, 0.4) is 0 Å². The molecule has 2 heterocycles. The van der Waals surface area contributed by atoms with E-state index in [2.05, 4.69) is 64.5 Å². The van der Waals surface area contributed by atoms with Gasteiger partial charge in [-0.3, -0.25) is 4.90 Å². The second-order valence-corrected chi connectivity index (χ2v) is 6.63. The molecule has 128 valence electrons. The van der Waals surface area contributed by atoms with Gasteiger partial charge >= 0.3 is 0 Å². The Bertz CT molecular complexity index is 870. The fourth-order valence-electron chi connectivity index (χ4n) is 3.55. The minimum atomic E-state index is 0.402. The van der Waals surface area contributed by atoms with Gasteiger partial charge in [0.1, 0.15) is 5.69 Å². The van der Waals surface area contributed by atoms with E-state index in [1.165, 1.54) is 10.9 Å². The Morgan fingerprint density at radius 2 is 1.60 bits per heavy atom. The molecule has 0 aliphatic carbocycles. The molecule has 1 saturated heterocycles. The molecule has 1 atom stereocenters. The third-order valence-corrected chi connectivity index (χ3v) is 5.13. The predicted octanol–water partition coefficient (Wildman–Crippen LogP) is 4.00. The molecule has 1 fully saturated rings. The number of ether oxygens (including phenoxy) is 1. The average molecular weight is 333 g/mol.